The molecule has 2 saturated heterocycles. The fourth-order valence-corrected chi connectivity index (χ4v) is 11.7. The van der Waals surface area contributed by atoms with Crippen LogP contribution in [0.1, 0.15) is 36.8 Å². The van der Waals surface area contributed by atoms with Gasteiger partial charge < -0.3 is 10.0 Å². The molecule has 4 amide bonds. The SMILES string of the molecule is Cc1c(-c2cc(N3C(=O)C4CC5C(=CCC6C(=O)N(c7ccc(N=Nc8ccc(N(C)C)cc8)cc7)C(=O)C65)C(c5cc(Cl)ccc5O)[C@]4(C)C3=O)n[nH]2)sc2ccc(Cl)cc12. The molecule has 2 aliphatic carbocycles. The van der Waals surface area contributed by atoms with Gasteiger partial charge in [0.1, 0.15) is 5.75 Å². The van der Waals surface area contributed by atoms with Gasteiger partial charge in [-0.2, -0.15) is 15.3 Å². The van der Waals surface area contributed by atoms with Crippen molar-refractivity contribution in [2.24, 2.45) is 39.3 Å². The van der Waals surface area contributed by atoms with Gasteiger partial charge in [-0.3, -0.25) is 29.2 Å². The molecule has 6 atom stereocenters. The molecule has 0 bridgehead atoms. The molecular formula is C47H39Cl2N7O5S. The fraction of sp³-hybridized carbons (Fsp3) is 0.255. The van der Waals surface area contributed by atoms with E-state index in [1.54, 1.807) is 60.7 Å². The number of aryl methyl sites for hydroxylation is 1. The Morgan fingerprint density at radius 2 is 1.52 bits per heavy atom. The third-order valence-corrected chi connectivity index (χ3v) is 15.0. The number of carbonyl (C=O) groups is 4. The Morgan fingerprint density at radius 3 is 2.23 bits per heavy atom. The van der Waals surface area contributed by atoms with Gasteiger partial charge in [-0.15, -0.1) is 11.3 Å². The number of aromatic hydroxyl groups is 1. The van der Waals surface area contributed by atoms with Crippen LogP contribution in [0.5, 0.6) is 5.75 Å². The zero-order valence-corrected chi connectivity index (χ0v) is 36.3. The molecule has 62 heavy (non-hydrogen) atoms. The number of halogens is 2. The first-order chi connectivity index (χ1) is 29.7. The number of aromatic amines is 1. The van der Waals surface area contributed by atoms with E-state index in [4.69, 9.17) is 23.2 Å². The summed E-state index contributed by atoms with van der Waals surface area (Å²) in [6.45, 7) is 3.74. The zero-order chi connectivity index (χ0) is 43.4. The molecule has 15 heteroatoms. The number of benzene rings is 4. The number of allylic oxidation sites excluding steroid dienone is 2. The van der Waals surface area contributed by atoms with Crippen LogP contribution in [0, 0.1) is 36.0 Å². The molecule has 1 saturated carbocycles. The number of thiophene rings is 1. The van der Waals surface area contributed by atoms with Gasteiger partial charge in [-0.1, -0.05) is 34.9 Å². The molecule has 5 unspecified atom stereocenters. The van der Waals surface area contributed by atoms with E-state index in [9.17, 15) is 19.5 Å². The lowest BCUT2D eigenvalue weighted by Gasteiger charge is -2.49. The van der Waals surface area contributed by atoms with E-state index in [0.717, 1.165) is 36.7 Å². The van der Waals surface area contributed by atoms with Crippen molar-refractivity contribution in [2.45, 2.75) is 32.6 Å². The van der Waals surface area contributed by atoms with Crippen LogP contribution in [0.25, 0.3) is 20.7 Å². The van der Waals surface area contributed by atoms with Crippen LogP contribution in [-0.4, -0.2) is 53.0 Å². The van der Waals surface area contributed by atoms with E-state index in [-0.39, 0.29) is 36.2 Å². The van der Waals surface area contributed by atoms with Crippen LogP contribution in [-0.2, 0) is 19.2 Å². The molecule has 6 aromatic rings. The van der Waals surface area contributed by atoms with Crippen molar-refractivity contribution in [1.29, 1.82) is 0 Å². The molecule has 0 spiro atoms. The summed E-state index contributed by atoms with van der Waals surface area (Å²) in [7, 11) is 3.92. The van der Waals surface area contributed by atoms with Crippen molar-refractivity contribution in [3.63, 3.8) is 0 Å². The maximum Gasteiger partial charge on any atom is 0.242 e. The molecule has 312 valence electrons. The minimum atomic E-state index is -1.40. The van der Waals surface area contributed by atoms with Gasteiger partial charge in [0.2, 0.25) is 23.6 Å². The summed E-state index contributed by atoms with van der Waals surface area (Å²) in [5.41, 5.74) is 3.98. The van der Waals surface area contributed by atoms with Crippen LogP contribution < -0.4 is 14.7 Å². The molecule has 4 heterocycles. The number of nitrogens with zero attached hydrogens (tertiary/aromatic N) is 6. The molecule has 4 aliphatic rings. The molecule has 3 fully saturated rings. The Kier molecular flexibility index (Phi) is 9.50. The number of aromatic nitrogens is 2. The number of H-pyrrole nitrogens is 1. The summed E-state index contributed by atoms with van der Waals surface area (Å²) in [6, 6.07) is 26.5. The Labute approximate surface area is 370 Å². The summed E-state index contributed by atoms with van der Waals surface area (Å²) in [5.74, 6) is -5.46. The highest BCUT2D eigenvalue weighted by Crippen LogP contribution is 2.64. The Morgan fingerprint density at radius 1 is 0.839 bits per heavy atom. The number of phenols is 1. The second kappa shape index (κ2) is 14.7. The maximum absolute atomic E-state index is 15.0. The zero-order valence-electron chi connectivity index (χ0n) is 34.0. The van der Waals surface area contributed by atoms with Crippen LogP contribution >= 0.6 is 34.5 Å². The number of azo groups is 1. The molecule has 2 aliphatic heterocycles. The molecular weight excluding hydrogens is 846 g/mol. The smallest absolute Gasteiger partial charge is 0.242 e. The van der Waals surface area contributed by atoms with Crippen molar-refractivity contribution in [2.75, 3.05) is 28.8 Å². The molecule has 2 N–H and O–H groups in total. The van der Waals surface area contributed by atoms with Crippen molar-refractivity contribution in [3.8, 4) is 16.3 Å². The molecule has 0 radical (unpaired) electrons. The van der Waals surface area contributed by atoms with E-state index in [1.165, 1.54) is 11.0 Å². The quantitative estimate of drug-likeness (QED) is 0.0920. The summed E-state index contributed by atoms with van der Waals surface area (Å²) >= 11 is 14.4. The average Bonchev–Trinajstić information content (AvgIpc) is 3.98. The third kappa shape index (κ3) is 6.11. The summed E-state index contributed by atoms with van der Waals surface area (Å²) in [5, 5.41) is 29.7. The summed E-state index contributed by atoms with van der Waals surface area (Å²) < 4.78 is 1.03. The van der Waals surface area contributed by atoms with Gasteiger partial charge in [0, 0.05) is 52.1 Å². The van der Waals surface area contributed by atoms with Crippen LogP contribution in [0.2, 0.25) is 10.0 Å². The van der Waals surface area contributed by atoms with E-state index >= 15 is 4.79 Å². The lowest BCUT2D eigenvalue weighted by Crippen LogP contribution is -2.48. The molecule has 4 aromatic carbocycles. The minimum absolute atomic E-state index is 0.0950. The topological polar surface area (TPSA) is 152 Å². The lowest BCUT2D eigenvalue weighted by molar-refractivity contribution is -0.131. The van der Waals surface area contributed by atoms with Crippen molar-refractivity contribution < 1.29 is 24.3 Å². The Balaban J connectivity index is 0.981. The first-order valence-electron chi connectivity index (χ1n) is 20.2. The van der Waals surface area contributed by atoms with Gasteiger partial charge >= 0.3 is 0 Å². The number of amides is 4. The van der Waals surface area contributed by atoms with Gasteiger partial charge in [0.25, 0.3) is 0 Å². The lowest BCUT2D eigenvalue weighted by atomic mass is 9.51. The maximum atomic E-state index is 15.0. The standard InChI is InChI=1S/C47H39Cl2N7O5S/c1-23-32-19-25(49)6-18-38(32)62-42(23)36-22-39(53-52-36)56-44(59)35-21-33-30(41(47(35,2)46(56)61)34-20-24(48)5-17-37(34)57)15-16-31-40(33)45(60)55(43(31)58)29-13-9-27(10-14-29)51-50-26-7-11-28(12-8-26)54(3)4/h5-15,17-20,22,31,33,35,40-41,57H,16,21H2,1-4H3,(H,52,53)/t31?,33?,35?,40?,41?,47-/m1/s1. The van der Waals surface area contributed by atoms with Gasteiger partial charge in [-0.05, 0) is 128 Å². The number of imide groups is 2. The predicted octanol–water partition coefficient (Wildman–Crippen LogP) is 10.5. The van der Waals surface area contributed by atoms with Gasteiger partial charge in [0.15, 0.2) is 5.82 Å². The fourth-order valence-electron chi connectivity index (χ4n) is 10.2. The second-order valence-electron chi connectivity index (χ2n) is 16.8. The highest BCUT2D eigenvalue weighted by molar-refractivity contribution is 7.22. The number of hydrogen-bond donors (Lipinski definition) is 2. The monoisotopic (exact) mass is 883 g/mol. The summed E-state index contributed by atoms with van der Waals surface area (Å²) in [6.07, 6.45) is 2.31. The number of rotatable bonds is 7. The number of phenolic OH excluding ortho intramolecular Hbond substituents is 1. The average molecular weight is 885 g/mol. The van der Waals surface area contributed by atoms with Gasteiger partial charge in [0.05, 0.1) is 50.8 Å². The largest absolute Gasteiger partial charge is 0.508 e. The highest BCUT2D eigenvalue weighted by atomic mass is 35.5. The number of hydrogen-bond acceptors (Lipinski definition) is 10. The van der Waals surface area contributed by atoms with E-state index in [1.807, 2.05) is 74.5 Å². The minimum Gasteiger partial charge on any atom is -0.508 e. The van der Waals surface area contributed by atoms with Crippen LogP contribution in [0.4, 0.5) is 28.6 Å². The van der Waals surface area contributed by atoms with Crippen LogP contribution in [0.15, 0.2) is 113 Å². The number of fused-ring (bicyclic) bond motifs is 5. The van der Waals surface area contributed by atoms with Gasteiger partial charge in [-0.25, -0.2) is 4.90 Å². The highest BCUT2D eigenvalue weighted by Gasteiger charge is 2.68. The third-order valence-electron chi connectivity index (χ3n) is 13.3. The molecule has 12 nitrogen and oxygen atoms in total. The second-order valence-corrected chi connectivity index (χ2v) is 18.8. The molecule has 2 aromatic heterocycles. The Hall–Kier alpha value is -6.15. The van der Waals surface area contributed by atoms with E-state index in [0.29, 0.717) is 38.4 Å². The van der Waals surface area contributed by atoms with E-state index in [2.05, 4.69) is 20.4 Å². The van der Waals surface area contributed by atoms with Crippen molar-refractivity contribution in [1.82, 2.24) is 10.2 Å². The summed E-state index contributed by atoms with van der Waals surface area (Å²) in [4.78, 5) is 64.1. The first-order valence-corrected chi connectivity index (χ1v) is 21.8. The Bertz CT molecular complexity index is 2940. The number of anilines is 3. The van der Waals surface area contributed by atoms with Crippen molar-refractivity contribution >= 4 is 96.8 Å². The first kappa shape index (κ1) is 40.0. The molecule has 10 rings (SSSR count). The van der Waals surface area contributed by atoms with E-state index < -0.39 is 46.8 Å². The number of carbonyl (C=O) groups excluding carboxylic acids is 4. The normalized spacial score (nSPS) is 24.5. The number of nitrogens with one attached hydrogen (secondary N) is 1. The van der Waals surface area contributed by atoms with Crippen LogP contribution in [0.3, 0.4) is 0 Å². The predicted molar refractivity (Wildman–Crippen MR) is 241 cm³/mol. The van der Waals surface area contributed by atoms with Crippen molar-refractivity contribution in [3.05, 3.63) is 124 Å².